The zero-order valence-corrected chi connectivity index (χ0v) is 17.5. The van der Waals surface area contributed by atoms with E-state index in [1.807, 2.05) is 13.8 Å². The maximum absolute atomic E-state index is 13.6. The van der Waals surface area contributed by atoms with E-state index in [9.17, 15) is 20.1 Å². The molecule has 1 aromatic heterocycles. The van der Waals surface area contributed by atoms with Crippen LogP contribution in [0, 0.1) is 13.8 Å². The molecule has 4 atom stereocenters. The second-order valence-electron chi connectivity index (χ2n) is 8.30. The summed E-state index contributed by atoms with van der Waals surface area (Å²) in [4.78, 5) is 13.6. The number of hydrogen-bond acceptors (Lipinski definition) is 6. The molecule has 0 saturated heterocycles. The van der Waals surface area contributed by atoms with Crippen LogP contribution in [0.3, 0.4) is 0 Å². The predicted octanol–water partition coefficient (Wildman–Crippen LogP) is 4.34. The van der Waals surface area contributed by atoms with Crippen molar-refractivity contribution in [1.29, 1.82) is 0 Å². The molecular weight excluding hydrogens is 372 g/mol. The lowest BCUT2D eigenvalue weighted by molar-refractivity contribution is 0.169. The molecule has 0 saturated carbocycles. The quantitative estimate of drug-likeness (QED) is 0.555. The molecule has 3 aromatic rings. The second kappa shape index (κ2) is 6.39. The van der Waals surface area contributed by atoms with E-state index < -0.39 is 17.5 Å². The Morgan fingerprint density at radius 1 is 1.07 bits per heavy atom. The minimum absolute atomic E-state index is 0.0156. The second-order valence-corrected chi connectivity index (χ2v) is 8.30. The fourth-order valence-electron chi connectivity index (χ4n) is 4.45. The number of aliphatic hydroxyl groups excluding tert-OH is 1. The normalized spacial score (nSPS) is 20.7. The third-order valence-electron chi connectivity index (χ3n) is 6.55. The van der Waals surface area contributed by atoms with Crippen LogP contribution in [0.2, 0.25) is 0 Å². The molecule has 2 heterocycles. The predicted molar refractivity (Wildman–Crippen MR) is 111 cm³/mol. The van der Waals surface area contributed by atoms with Crippen LogP contribution in [0.25, 0.3) is 21.9 Å². The van der Waals surface area contributed by atoms with Crippen molar-refractivity contribution in [2.45, 2.75) is 65.6 Å². The van der Waals surface area contributed by atoms with Crippen molar-refractivity contribution in [1.82, 2.24) is 0 Å². The number of rotatable bonds is 2. The van der Waals surface area contributed by atoms with E-state index in [2.05, 4.69) is 0 Å². The van der Waals surface area contributed by atoms with Crippen molar-refractivity contribution in [2.75, 3.05) is 0 Å². The van der Waals surface area contributed by atoms with Crippen LogP contribution in [-0.2, 0) is 0 Å². The number of phenols is 2. The molecule has 0 aliphatic carbocycles. The van der Waals surface area contributed by atoms with E-state index in [0.717, 1.165) is 5.56 Å². The van der Waals surface area contributed by atoms with Crippen molar-refractivity contribution < 1.29 is 24.5 Å². The number of hydrogen-bond donors (Lipinski definition) is 3. The van der Waals surface area contributed by atoms with Gasteiger partial charge in [-0.15, -0.1) is 0 Å². The van der Waals surface area contributed by atoms with E-state index in [-0.39, 0.29) is 45.5 Å². The van der Waals surface area contributed by atoms with Crippen LogP contribution >= 0.6 is 0 Å². The first-order valence-electron chi connectivity index (χ1n) is 9.89. The summed E-state index contributed by atoms with van der Waals surface area (Å²) in [6, 6.07) is 1.41. The molecule has 0 amide bonds. The topological polar surface area (TPSA) is 100 Å². The van der Waals surface area contributed by atoms with Crippen molar-refractivity contribution in [3.63, 3.8) is 0 Å². The SMILES string of the molecule is Cc1c(O)cc2oc3c4c(c(C)c(O)c3c(=O)c2c1C(C)C(C)O)C(C)C(C)O4. The van der Waals surface area contributed by atoms with E-state index in [4.69, 9.17) is 9.15 Å². The third-order valence-corrected chi connectivity index (χ3v) is 6.55. The first kappa shape index (κ1) is 19.6. The first-order chi connectivity index (χ1) is 13.6. The minimum atomic E-state index is -0.741. The molecule has 0 fully saturated rings. The molecule has 0 bridgehead atoms. The maximum Gasteiger partial charge on any atom is 0.204 e. The highest BCUT2D eigenvalue weighted by molar-refractivity contribution is 6.00. The van der Waals surface area contributed by atoms with Crippen LogP contribution < -0.4 is 10.2 Å². The van der Waals surface area contributed by atoms with Gasteiger partial charge in [-0.05, 0) is 44.4 Å². The number of fused-ring (bicyclic) bond motifs is 4. The third kappa shape index (κ3) is 2.55. The molecule has 154 valence electrons. The zero-order valence-electron chi connectivity index (χ0n) is 17.5. The molecular formula is C23H26O6. The number of benzene rings is 2. The Balaban J connectivity index is 2.24. The average molecular weight is 398 g/mol. The number of aliphatic hydroxyl groups is 1. The lowest BCUT2D eigenvalue weighted by Crippen LogP contribution is -2.16. The van der Waals surface area contributed by atoms with E-state index in [1.54, 1.807) is 27.7 Å². The van der Waals surface area contributed by atoms with Gasteiger partial charge >= 0.3 is 0 Å². The summed E-state index contributed by atoms with van der Waals surface area (Å²) in [5.41, 5.74) is 2.46. The highest BCUT2D eigenvalue weighted by Gasteiger charge is 2.35. The Hall–Kier alpha value is -2.73. The summed E-state index contributed by atoms with van der Waals surface area (Å²) in [7, 11) is 0. The largest absolute Gasteiger partial charge is 0.508 e. The summed E-state index contributed by atoms with van der Waals surface area (Å²) in [6.45, 7) is 10.8. The van der Waals surface area contributed by atoms with Gasteiger partial charge in [0.15, 0.2) is 11.3 Å². The van der Waals surface area contributed by atoms with Gasteiger partial charge in [0, 0.05) is 23.5 Å². The molecule has 2 aromatic carbocycles. The van der Waals surface area contributed by atoms with Crippen molar-refractivity contribution in [3.8, 4) is 17.2 Å². The molecule has 0 spiro atoms. The lowest BCUT2D eigenvalue weighted by atomic mass is 9.87. The number of ether oxygens (including phenoxy) is 1. The van der Waals surface area contributed by atoms with Gasteiger partial charge in [-0.2, -0.15) is 0 Å². The van der Waals surface area contributed by atoms with Gasteiger partial charge in [-0.25, -0.2) is 0 Å². The van der Waals surface area contributed by atoms with E-state index >= 15 is 0 Å². The first-order valence-corrected chi connectivity index (χ1v) is 9.89. The molecule has 29 heavy (non-hydrogen) atoms. The van der Waals surface area contributed by atoms with Gasteiger partial charge in [-0.1, -0.05) is 13.8 Å². The van der Waals surface area contributed by atoms with Crippen molar-refractivity contribution in [3.05, 3.63) is 38.5 Å². The Morgan fingerprint density at radius 3 is 2.34 bits per heavy atom. The molecule has 0 radical (unpaired) electrons. The van der Waals surface area contributed by atoms with Crippen LogP contribution in [0.1, 0.15) is 61.8 Å². The standard InChI is InChI=1S/C23H26O6/c1-8(12(5)24)16-10(3)14(25)7-15-18(16)21(27)19-20(26)11(4)17-9(2)13(6)28-22(17)23(19)29-15/h7-9,12-13,24-26H,1-6H3. The Morgan fingerprint density at radius 2 is 1.72 bits per heavy atom. The molecule has 4 unspecified atom stereocenters. The smallest absolute Gasteiger partial charge is 0.204 e. The summed E-state index contributed by atoms with van der Waals surface area (Å²) >= 11 is 0. The Kier molecular flexibility index (Phi) is 4.31. The summed E-state index contributed by atoms with van der Waals surface area (Å²) < 4.78 is 12.1. The summed E-state index contributed by atoms with van der Waals surface area (Å²) in [6.07, 6.45) is -0.860. The fourth-order valence-corrected chi connectivity index (χ4v) is 4.45. The number of phenolic OH excluding ortho intramolecular Hbond substituents is 2. The summed E-state index contributed by atoms with van der Waals surface area (Å²) in [5.74, 6) is -0.0320. The Bertz CT molecular complexity index is 1220. The van der Waals surface area contributed by atoms with Gasteiger partial charge < -0.3 is 24.5 Å². The van der Waals surface area contributed by atoms with Gasteiger partial charge in [0.1, 0.15) is 28.6 Å². The highest BCUT2D eigenvalue weighted by atomic mass is 16.5. The van der Waals surface area contributed by atoms with Crippen LogP contribution in [0.15, 0.2) is 15.3 Å². The summed E-state index contributed by atoms with van der Waals surface area (Å²) in [5, 5.41) is 31.8. The molecule has 6 nitrogen and oxygen atoms in total. The van der Waals surface area contributed by atoms with Crippen LogP contribution in [-0.4, -0.2) is 27.5 Å². The number of aromatic hydroxyl groups is 2. The fraction of sp³-hybridized carbons (Fsp3) is 0.435. The van der Waals surface area contributed by atoms with Gasteiger partial charge in [0.05, 0.1) is 11.5 Å². The monoisotopic (exact) mass is 398 g/mol. The van der Waals surface area contributed by atoms with Crippen molar-refractivity contribution >= 4 is 21.9 Å². The lowest BCUT2D eigenvalue weighted by Gasteiger charge is -2.21. The molecule has 1 aliphatic rings. The van der Waals surface area contributed by atoms with E-state index in [1.165, 1.54) is 6.07 Å². The van der Waals surface area contributed by atoms with Crippen molar-refractivity contribution in [2.24, 2.45) is 0 Å². The molecule has 4 rings (SSSR count). The zero-order chi connectivity index (χ0) is 21.4. The molecule has 1 aliphatic heterocycles. The molecule has 3 N–H and O–H groups in total. The average Bonchev–Trinajstić information content (AvgIpc) is 2.95. The highest BCUT2D eigenvalue weighted by Crippen LogP contribution is 2.49. The molecule has 6 heteroatoms. The Labute approximate surface area is 168 Å². The van der Waals surface area contributed by atoms with E-state index in [0.29, 0.717) is 22.4 Å². The minimum Gasteiger partial charge on any atom is -0.508 e. The maximum atomic E-state index is 13.6. The van der Waals surface area contributed by atoms with Gasteiger partial charge in [0.2, 0.25) is 5.43 Å². The van der Waals surface area contributed by atoms with Crippen LogP contribution in [0.5, 0.6) is 17.2 Å². The van der Waals surface area contributed by atoms with Gasteiger partial charge in [0.25, 0.3) is 0 Å². The van der Waals surface area contributed by atoms with Gasteiger partial charge in [-0.3, -0.25) is 4.79 Å². The van der Waals surface area contributed by atoms with Crippen LogP contribution in [0.4, 0.5) is 0 Å².